The number of amides is 1. The van der Waals surface area contributed by atoms with Crippen molar-refractivity contribution < 1.29 is 4.79 Å². The van der Waals surface area contributed by atoms with Crippen LogP contribution in [0.2, 0.25) is 0 Å². The van der Waals surface area contributed by atoms with Gasteiger partial charge in [0.2, 0.25) is 0 Å². The Morgan fingerprint density at radius 3 is 2.00 bits per heavy atom. The molecule has 1 amide bonds. The second-order valence-corrected chi connectivity index (χ2v) is 3.17. The first-order valence-electron chi connectivity index (χ1n) is 4.69. The topological polar surface area (TPSA) is 29.1 Å². The summed E-state index contributed by atoms with van der Waals surface area (Å²) in [6.07, 6.45) is 1.64. The SMILES string of the molecule is O=[C]Nc1ccc(-c2ccccc2)cc1. The zero-order valence-corrected chi connectivity index (χ0v) is 8.10. The molecule has 15 heavy (non-hydrogen) atoms. The maximum absolute atomic E-state index is 10.1. The highest BCUT2D eigenvalue weighted by molar-refractivity contribution is 5.74. The number of hydrogen-bond donors (Lipinski definition) is 1. The molecule has 0 aromatic heterocycles. The van der Waals surface area contributed by atoms with E-state index in [0.717, 1.165) is 11.3 Å². The quantitative estimate of drug-likeness (QED) is 0.751. The van der Waals surface area contributed by atoms with Gasteiger partial charge in [-0.05, 0) is 23.3 Å². The zero-order valence-electron chi connectivity index (χ0n) is 8.10. The third kappa shape index (κ3) is 2.23. The van der Waals surface area contributed by atoms with E-state index in [4.69, 9.17) is 0 Å². The van der Waals surface area contributed by atoms with Crippen LogP contribution in [0.1, 0.15) is 0 Å². The molecule has 0 fully saturated rings. The summed E-state index contributed by atoms with van der Waals surface area (Å²) < 4.78 is 0. The van der Waals surface area contributed by atoms with Crippen molar-refractivity contribution in [3.8, 4) is 11.1 Å². The minimum atomic E-state index is 0.754. The van der Waals surface area contributed by atoms with Gasteiger partial charge < -0.3 is 5.32 Å². The van der Waals surface area contributed by atoms with Gasteiger partial charge >= 0.3 is 6.41 Å². The molecule has 2 nitrogen and oxygen atoms in total. The Hall–Kier alpha value is -2.09. The van der Waals surface area contributed by atoms with Crippen LogP contribution in [0, 0.1) is 0 Å². The fourth-order valence-corrected chi connectivity index (χ4v) is 1.44. The van der Waals surface area contributed by atoms with Crippen LogP contribution in [0.3, 0.4) is 0 Å². The minimum absolute atomic E-state index is 0.754. The number of benzene rings is 2. The number of anilines is 1. The monoisotopic (exact) mass is 196 g/mol. The molecule has 2 heteroatoms. The van der Waals surface area contributed by atoms with Crippen LogP contribution in [0.25, 0.3) is 11.1 Å². The van der Waals surface area contributed by atoms with Crippen molar-refractivity contribution in [2.24, 2.45) is 0 Å². The normalized spacial score (nSPS) is 9.60. The fourth-order valence-electron chi connectivity index (χ4n) is 1.44. The van der Waals surface area contributed by atoms with Crippen LogP contribution >= 0.6 is 0 Å². The molecular formula is C13H10NO. The first-order chi connectivity index (χ1) is 7.40. The van der Waals surface area contributed by atoms with Gasteiger partial charge in [0.1, 0.15) is 0 Å². The Morgan fingerprint density at radius 1 is 0.800 bits per heavy atom. The lowest BCUT2D eigenvalue weighted by Crippen LogP contribution is -1.92. The smallest absolute Gasteiger partial charge is 0.314 e. The first-order valence-corrected chi connectivity index (χ1v) is 4.69. The molecular weight excluding hydrogens is 186 g/mol. The lowest BCUT2D eigenvalue weighted by Gasteiger charge is -2.02. The van der Waals surface area contributed by atoms with Crippen molar-refractivity contribution in [1.29, 1.82) is 0 Å². The molecule has 0 bridgehead atoms. The Balaban J connectivity index is 2.28. The largest absolute Gasteiger partial charge is 0.318 e. The zero-order chi connectivity index (χ0) is 10.5. The van der Waals surface area contributed by atoms with Gasteiger partial charge in [-0.2, -0.15) is 0 Å². The lowest BCUT2D eigenvalue weighted by molar-refractivity contribution is 0.561. The van der Waals surface area contributed by atoms with Crippen LogP contribution in [0.15, 0.2) is 54.6 Å². The van der Waals surface area contributed by atoms with E-state index in [2.05, 4.69) is 5.32 Å². The fraction of sp³-hybridized carbons (Fsp3) is 0. The third-order valence-electron chi connectivity index (χ3n) is 2.19. The Morgan fingerprint density at radius 2 is 1.40 bits per heavy atom. The van der Waals surface area contributed by atoms with Gasteiger partial charge in [0.15, 0.2) is 0 Å². The van der Waals surface area contributed by atoms with Gasteiger partial charge in [-0.3, -0.25) is 4.79 Å². The molecule has 0 atom stereocenters. The van der Waals surface area contributed by atoms with Crippen LogP contribution in [0.5, 0.6) is 0 Å². The summed E-state index contributed by atoms with van der Waals surface area (Å²) in [5, 5.41) is 2.48. The summed E-state index contributed by atoms with van der Waals surface area (Å²) in [5.41, 5.74) is 3.05. The van der Waals surface area contributed by atoms with Gasteiger partial charge in [0, 0.05) is 5.69 Å². The van der Waals surface area contributed by atoms with Crippen molar-refractivity contribution in [3.63, 3.8) is 0 Å². The highest BCUT2D eigenvalue weighted by atomic mass is 16.1. The van der Waals surface area contributed by atoms with Gasteiger partial charge in [-0.15, -0.1) is 0 Å². The second kappa shape index (κ2) is 4.42. The Labute approximate surface area is 88.6 Å². The average molecular weight is 196 g/mol. The summed E-state index contributed by atoms with van der Waals surface area (Å²) in [7, 11) is 0. The van der Waals surface area contributed by atoms with Gasteiger partial charge in [-0.25, -0.2) is 0 Å². The highest BCUT2D eigenvalue weighted by Gasteiger charge is 1.96. The van der Waals surface area contributed by atoms with E-state index in [1.54, 1.807) is 6.41 Å². The molecule has 2 rings (SSSR count). The van der Waals surface area contributed by atoms with Gasteiger partial charge in [0.05, 0.1) is 0 Å². The van der Waals surface area contributed by atoms with Crippen molar-refractivity contribution in [2.45, 2.75) is 0 Å². The van der Waals surface area contributed by atoms with Crippen molar-refractivity contribution in [1.82, 2.24) is 0 Å². The molecule has 0 saturated heterocycles. The molecule has 1 N–H and O–H groups in total. The molecule has 0 spiro atoms. The maximum atomic E-state index is 10.1. The molecule has 1 radical (unpaired) electrons. The molecule has 2 aromatic carbocycles. The molecule has 0 heterocycles. The number of rotatable bonds is 3. The first kappa shape index (κ1) is 9.46. The molecule has 0 saturated carbocycles. The Kier molecular flexibility index (Phi) is 2.79. The van der Waals surface area contributed by atoms with Crippen molar-refractivity contribution >= 4 is 12.1 Å². The summed E-state index contributed by atoms with van der Waals surface area (Å²) in [5.74, 6) is 0. The number of nitrogens with one attached hydrogen (secondary N) is 1. The van der Waals surface area contributed by atoms with Crippen LogP contribution < -0.4 is 5.32 Å². The van der Waals surface area contributed by atoms with E-state index in [1.165, 1.54) is 5.56 Å². The highest BCUT2D eigenvalue weighted by Crippen LogP contribution is 2.20. The van der Waals surface area contributed by atoms with Crippen LogP contribution in [-0.4, -0.2) is 6.41 Å². The third-order valence-corrected chi connectivity index (χ3v) is 2.19. The summed E-state index contributed by atoms with van der Waals surface area (Å²) in [4.78, 5) is 10.1. The second-order valence-electron chi connectivity index (χ2n) is 3.17. The molecule has 2 aromatic rings. The van der Waals surface area contributed by atoms with E-state index in [9.17, 15) is 4.79 Å². The molecule has 0 unspecified atom stereocenters. The average Bonchev–Trinajstić information content (AvgIpc) is 2.32. The predicted molar refractivity (Wildman–Crippen MR) is 61.2 cm³/mol. The van der Waals surface area contributed by atoms with E-state index < -0.39 is 0 Å². The van der Waals surface area contributed by atoms with E-state index in [1.807, 2.05) is 54.6 Å². The number of carbonyl (C=O) groups excluding carboxylic acids is 1. The van der Waals surface area contributed by atoms with E-state index >= 15 is 0 Å². The van der Waals surface area contributed by atoms with Crippen LogP contribution in [-0.2, 0) is 4.79 Å². The molecule has 0 aliphatic heterocycles. The molecule has 0 aliphatic carbocycles. The van der Waals surface area contributed by atoms with Crippen LogP contribution in [0.4, 0.5) is 5.69 Å². The van der Waals surface area contributed by atoms with Crippen molar-refractivity contribution in [3.05, 3.63) is 54.6 Å². The van der Waals surface area contributed by atoms with E-state index in [-0.39, 0.29) is 0 Å². The summed E-state index contributed by atoms with van der Waals surface area (Å²) in [6.45, 7) is 0. The lowest BCUT2D eigenvalue weighted by atomic mass is 10.1. The Bertz CT molecular complexity index is 434. The standard InChI is InChI=1S/C13H10NO/c15-10-14-13-8-6-12(7-9-13)11-4-2-1-3-5-11/h1-9H,(H,14,15). The molecule has 73 valence electrons. The maximum Gasteiger partial charge on any atom is 0.314 e. The van der Waals surface area contributed by atoms with Crippen molar-refractivity contribution in [2.75, 3.05) is 5.32 Å². The summed E-state index contributed by atoms with van der Waals surface area (Å²) in [6, 6.07) is 17.7. The predicted octanol–water partition coefficient (Wildman–Crippen LogP) is 2.83. The minimum Gasteiger partial charge on any atom is -0.318 e. The number of hydrogen-bond acceptors (Lipinski definition) is 1. The van der Waals surface area contributed by atoms with E-state index in [0.29, 0.717) is 0 Å². The summed E-state index contributed by atoms with van der Waals surface area (Å²) >= 11 is 0. The van der Waals surface area contributed by atoms with Gasteiger partial charge in [-0.1, -0.05) is 42.5 Å². The molecule has 0 aliphatic rings. The van der Waals surface area contributed by atoms with Gasteiger partial charge in [0.25, 0.3) is 0 Å².